The van der Waals surface area contributed by atoms with Gasteiger partial charge in [-0.05, 0) is 93.3 Å². The van der Waals surface area contributed by atoms with Gasteiger partial charge in [0.1, 0.15) is 0 Å². The Morgan fingerprint density at radius 1 is 0.744 bits per heavy atom. The van der Waals surface area contributed by atoms with Crippen LogP contribution in [0.15, 0.2) is 0 Å². The zero-order valence-electron chi connectivity index (χ0n) is 25.6. The maximum atomic E-state index is 11.0. The van der Waals surface area contributed by atoms with Crippen LogP contribution in [0.3, 0.4) is 0 Å². The highest BCUT2D eigenvalue weighted by atomic mass is 16.7. The van der Waals surface area contributed by atoms with Gasteiger partial charge in [-0.1, -0.05) is 40.5 Å². The van der Waals surface area contributed by atoms with Crippen molar-refractivity contribution in [1.29, 1.82) is 0 Å². The molecule has 0 bridgehead atoms. The van der Waals surface area contributed by atoms with E-state index < -0.39 is 5.79 Å². The summed E-state index contributed by atoms with van der Waals surface area (Å²) in [5, 5.41) is 11.0. The van der Waals surface area contributed by atoms with Gasteiger partial charge in [0, 0.05) is 31.8 Å². The summed E-state index contributed by atoms with van der Waals surface area (Å²) in [6.45, 7) is 13.7. The third kappa shape index (κ3) is 5.27. The Hall–Kier alpha value is -0.240. The quantitative estimate of drug-likeness (QED) is 0.439. The van der Waals surface area contributed by atoms with E-state index in [4.69, 9.17) is 23.7 Å². The molecular weight excluding hydrogens is 492 g/mol. The average molecular weight is 549 g/mol. The lowest BCUT2D eigenvalue weighted by atomic mass is 9.59. The zero-order valence-corrected chi connectivity index (χ0v) is 25.6. The molecule has 224 valence electrons. The van der Waals surface area contributed by atoms with Gasteiger partial charge in [0.05, 0.1) is 24.4 Å². The predicted molar refractivity (Wildman–Crippen MR) is 150 cm³/mol. The Kier molecular flexibility index (Phi) is 8.22. The van der Waals surface area contributed by atoms with Gasteiger partial charge in [-0.15, -0.1) is 0 Å². The molecule has 4 heterocycles. The Balaban J connectivity index is 1.22. The van der Waals surface area contributed by atoms with Crippen molar-refractivity contribution in [3.05, 3.63) is 0 Å². The number of aliphatic hydroxyl groups is 1. The van der Waals surface area contributed by atoms with Crippen LogP contribution >= 0.6 is 0 Å². The highest BCUT2D eigenvalue weighted by Gasteiger charge is 2.57. The molecule has 4 saturated heterocycles. The maximum Gasteiger partial charge on any atom is 0.165 e. The summed E-state index contributed by atoms with van der Waals surface area (Å²) in [4.78, 5) is 0. The lowest BCUT2D eigenvalue weighted by molar-refractivity contribution is -0.346. The first-order chi connectivity index (χ1) is 18.6. The molecule has 6 fully saturated rings. The third-order valence-corrected chi connectivity index (χ3v) is 12.8. The summed E-state index contributed by atoms with van der Waals surface area (Å²) in [6.07, 6.45) is 9.65. The first kappa shape index (κ1) is 28.9. The molecule has 6 heteroatoms. The van der Waals surface area contributed by atoms with Crippen molar-refractivity contribution in [3.63, 3.8) is 0 Å². The lowest BCUT2D eigenvalue weighted by Crippen LogP contribution is -2.58. The highest BCUT2D eigenvalue weighted by Crippen LogP contribution is 2.55. The summed E-state index contributed by atoms with van der Waals surface area (Å²) in [6, 6.07) is 0. The predicted octanol–water partition coefficient (Wildman–Crippen LogP) is 6.39. The molecule has 2 saturated carbocycles. The molecule has 0 spiro atoms. The smallest absolute Gasteiger partial charge is 0.165 e. The van der Waals surface area contributed by atoms with Crippen LogP contribution in [0.25, 0.3) is 0 Å². The minimum Gasteiger partial charge on any atom is -0.379 e. The molecule has 6 nitrogen and oxygen atoms in total. The highest BCUT2D eigenvalue weighted by molar-refractivity contribution is 5.01. The van der Waals surface area contributed by atoms with Gasteiger partial charge >= 0.3 is 0 Å². The number of methoxy groups -OCH3 is 1. The van der Waals surface area contributed by atoms with Crippen molar-refractivity contribution in [2.24, 2.45) is 59.2 Å². The third-order valence-electron chi connectivity index (χ3n) is 12.8. The maximum absolute atomic E-state index is 11.0. The van der Waals surface area contributed by atoms with Crippen LogP contribution in [0.5, 0.6) is 0 Å². The molecule has 17 unspecified atom stereocenters. The van der Waals surface area contributed by atoms with Crippen LogP contribution in [0.2, 0.25) is 0 Å². The van der Waals surface area contributed by atoms with Crippen LogP contribution in [0.1, 0.15) is 99.3 Å². The van der Waals surface area contributed by atoms with Crippen molar-refractivity contribution in [2.75, 3.05) is 7.11 Å². The summed E-state index contributed by atoms with van der Waals surface area (Å²) in [5.74, 6) is 4.39. The summed E-state index contributed by atoms with van der Waals surface area (Å²) < 4.78 is 33.0. The van der Waals surface area contributed by atoms with Crippen molar-refractivity contribution >= 4 is 0 Å². The molecule has 0 aromatic rings. The van der Waals surface area contributed by atoms with Gasteiger partial charge in [0.2, 0.25) is 0 Å². The molecule has 0 aromatic heterocycles. The monoisotopic (exact) mass is 548 g/mol. The van der Waals surface area contributed by atoms with E-state index >= 15 is 0 Å². The number of ether oxygens (including phenoxy) is 5. The van der Waals surface area contributed by atoms with Crippen molar-refractivity contribution in [2.45, 2.75) is 142 Å². The fraction of sp³-hybridized carbons (Fsp3) is 1.00. The van der Waals surface area contributed by atoms with Crippen LogP contribution < -0.4 is 0 Å². The second-order valence-electron chi connectivity index (χ2n) is 15.0. The Bertz CT molecular complexity index is 848. The fourth-order valence-corrected chi connectivity index (χ4v) is 10.4. The molecule has 0 amide bonds. The van der Waals surface area contributed by atoms with E-state index in [9.17, 15) is 5.11 Å². The van der Waals surface area contributed by atoms with Gasteiger partial charge in [0.25, 0.3) is 0 Å². The Morgan fingerprint density at radius 3 is 2.05 bits per heavy atom. The van der Waals surface area contributed by atoms with Gasteiger partial charge in [-0.3, -0.25) is 0 Å². The Labute approximate surface area is 237 Å². The normalized spacial score (nSPS) is 56.5. The van der Waals surface area contributed by atoms with Crippen molar-refractivity contribution in [1.82, 2.24) is 0 Å². The fourth-order valence-electron chi connectivity index (χ4n) is 10.4. The lowest BCUT2D eigenvalue weighted by Gasteiger charge is -2.55. The van der Waals surface area contributed by atoms with Crippen molar-refractivity contribution in [3.8, 4) is 0 Å². The summed E-state index contributed by atoms with van der Waals surface area (Å²) in [7, 11) is 1.83. The topological polar surface area (TPSA) is 66.4 Å². The first-order valence-electron chi connectivity index (χ1n) is 16.5. The van der Waals surface area contributed by atoms with Crippen LogP contribution in [0, 0.1) is 59.2 Å². The van der Waals surface area contributed by atoms with Gasteiger partial charge < -0.3 is 28.8 Å². The van der Waals surface area contributed by atoms with E-state index in [2.05, 4.69) is 34.6 Å². The minimum absolute atomic E-state index is 0.0779. The molecule has 6 rings (SSSR count). The second-order valence-corrected chi connectivity index (χ2v) is 15.0. The van der Waals surface area contributed by atoms with Crippen LogP contribution in [-0.4, -0.2) is 55.0 Å². The first-order valence-corrected chi connectivity index (χ1v) is 16.5. The van der Waals surface area contributed by atoms with E-state index in [1.54, 1.807) is 0 Å². The number of rotatable bonds is 4. The molecule has 17 atom stereocenters. The zero-order chi connectivity index (χ0) is 27.6. The van der Waals surface area contributed by atoms with Gasteiger partial charge in [0.15, 0.2) is 18.4 Å². The van der Waals surface area contributed by atoms with Crippen LogP contribution in [-0.2, 0) is 23.7 Å². The molecular formula is C33H56O6. The molecule has 0 radical (unpaired) electrons. The molecule has 1 N–H and O–H groups in total. The van der Waals surface area contributed by atoms with E-state index in [0.29, 0.717) is 59.7 Å². The largest absolute Gasteiger partial charge is 0.379 e. The molecule has 2 aliphatic carbocycles. The van der Waals surface area contributed by atoms with E-state index in [1.807, 2.05) is 14.0 Å². The van der Waals surface area contributed by atoms with Crippen molar-refractivity contribution < 1.29 is 28.8 Å². The molecule has 6 aliphatic rings. The van der Waals surface area contributed by atoms with Gasteiger partial charge in [-0.25, -0.2) is 0 Å². The second kappa shape index (κ2) is 11.1. The number of hydrogen-bond donors (Lipinski definition) is 1. The van der Waals surface area contributed by atoms with Crippen LogP contribution in [0.4, 0.5) is 0 Å². The molecule has 39 heavy (non-hydrogen) atoms. The summed E-state index contributed by atoms with van der Waals surface area (Å²) >= 11 is 0. The Morgan fingerprint density at radius 2 is 1.36 bits per heavy atom. The number of hydrogen-bond acceptors (Lipinski definition) is 6. The standard InChI is InChI=1S/C33H56O6/c1-17-8-11-24-20(4)26(37-31-28(24)22(17)13-10-19(3)36-31)16-27(35-7)30-21(5)25-12-9-18(2)23-14-15-33(6,34)39-32(38-30)29(23)25/h17-32,34H,8-16H2,1-7H3. The van der Waals surface area contributed by atoms with E-state index in [1.165, 1.54) is 32.1 Å². The van der Waals surface area contributed by atoms with E-state index in [-0.39, 0.29) is 37.0 Å². The molecule has 4 aliphatic heterocycles. The van der Waals surface area contributed by atoms with Gasteiger partial charge in [-0.2, -0.15) is 0 Å². The van der Waals surface area contributed by atoms with E-state index in [0.717, 1.165) is 25.2 Å². The minimum atomic E-state index is -1.14. The molecule has 0 aromatic carbocycles. The SMILES string of the molecule is COC(CC1OC2OC(C)CCC3C(C)CCC(C1C)C23)C1OC2OC(C)(O)CCC3C(C)CCC(C1C)C23. The average Bonchev–Trinajstić information content (AvgIpc) is 3.14. The summed E-state index contributed by atoms with van der Waals surface area (Å²) in [5.41, 5.74) is 0.